The second-order valence-corrected chi connectivity index (χ2v) is 6.48. The Hall–Kier alpha value is -3.87. The number of benzene rings is 1. The molecule has 1 aromatic carbocycles. The minimum atomic E-state index is -4.63. The van der Waals surface area contributed by atoms with Gasteiger partial charge in [-0.2, -0.15) is 18.4 Å². The van der Waals surface area contributed by atoms with Crippen LogP contribution in [0.4, 0.5) is 23.7 Å². The molecule has 0 spiro atoms. The number of hydrogen-bond donors (Lipinski definition) is 3. The Balaban J connectivity index is 2.01. The highest BCUT2D eigenvalue weighted by molar-refractivity contribution is 6.01. The van der Waals surface area contributed by atoms with E-state index < -0.39 is 24.0 Å². The SMILES string of the molecule is N#Cc1ccc(C(NC(=O)O)C2=C(Nc3ccnc(C(F)(F)F)c3)CCC2=O)cc1. The molecule has 0 saturated carbocycles. The number of carbonyl (C=O) groups is 2. The molecule has 1 atom stereocenters. The van der Waals surface area contributed by atoms with E-state index in [0.29, 0.717) is 16.8 Å². The zero-order chi connectivity index (χ0) is 21.9. The number of anilines is 1. The fourth-order valence-electron chi connectivity index (χ4n) is 3.17. The van der Waals surface area contributed by atoms with Gasteiger partial charge in [-0.15, -0.1) is 0 Å². The van der Waals surface area contributed by atoms with Gasteiger partial charge >= 0.3 is 12.3 Å². The molecule has 0 aliphatic heterocycles. The Bertz CT molecular complexity index is 1060. The average Bonchev–Trinajstić information content (AvgIpc) is 3.05. The number of ketones is 1. The smallest absolute Gasteiger partial charge is 0.433 e. The van der Waals surface area contributed by atoms with Crippen LogP contribution in [0, 0.1) is 11.3 Å². The predicted octanol–water partition coefficient (Wildman–Crippen LogP) is 4.01. The van der Waals surface area contributed by atoms with E-state index in [2.05, 4.69) is 15.6 Å². The van der Waals surface area contributed by atoms with E-state index in [1.165, 1.54) is 30.3 Å². The third-order valence-corrected chi connectivity index (χ3v) is 4.50. The Kier molecular flexibility index (Phi) is 5.73. The number of alkyl halides is 3. The van der Waals surface area contributed by atoms with Crippen LogP contribution in [-0.4, -0.2) is 22.0 Å². The van der Waals surface area contributed by atoms with Crippen LogP contribution in [0.2, 0.25) is 0 Å². The van der Waals surface area contributed by atoms with Crippen molar-refractivity contribution in [2.45, 2.75) is 25.1 Å². The molecular formula is C20H15F3N4O3. The van der Waals surface area contributed by atoms with E-state index in [4.69, 9.17) is 5.26 Å². The van der Waals surface area contributed by atoms with Gasteiger partial charge in [-0.1, -0.05) is 12.1 Å². The molecule has 1 heterocycles. The Labute approximate surface area is 168 Å². The molecule has 7 nitrogen and oxygen atoms in total. The molecule has 0 saturated heterocycles. The van der Waals surface area contributed by atoms with Crippen LogP contribution < -0.4 is 10.6 Å². The minimum absolute atomic E-state index is 0.0772. The lowest BCUT2D eigenvalue weighted by Gasteiger charge is -2.21. The van der Waals surface area contributed by atoms with Gasteiger partial charge in [0.15, 0.2) is 5.78 Å². The van der Waals surface area contributed by atoms with Gasteiger partial charge in [-0.3, -0.25) is 9.78 Å². The third-order valence-electron chi connectivity index (χ3n) is 4.50. The highest BCUT2D eigenvalue weighted by atomic mass is 19.4. The third kappa shape index (κ3) is 4.57. The second kappa shape index (κ2) is 8.24. The van der Waals surface area contributed by atoms with Crippen molar-refractivity contribution in [3.63, 3.8) is 0 Å². The molecule has 0 radical (unpaired) electrons. The average molecular weight is 416 g/mol. The van der Waals surface area contributed by atoms with Crippen LogP contribution in [0.5, 0.6) is 0 Å². The molecule has 1 unspecified atom stereocenters. The summed E-state index contributed by atoms with van der Waals surface area (Å²) in [5.41, 5.74) is 0.204. The maximum Gasteiger partial charge on any atom is 0.433 e. The Morgan fingerprint density at radius 2 is 1.90 bits per heavy atom. The summed E-state index contributed by atoms with van der Waals surface area (Å²) >= 11 is 0. The fraction of sp³-hybridized carbons (Fsp3) is 0.200. The van der Waals surface area contributed by atoms with Gasteiger partial charge in [0.2, 0.25) is 0 Å². The number of nitrogens with zero attached hydrogens (tertiary/aromatic N) is 2. The maximum atomic E-state index is 12.9. The quantitative estimate of drug-likeness (QED) is 0.678. The number of nitriles is 1. The number of amides is 1. The number of hydrogen-bond acceptors (Lipinski definition) is 5. The van der Waals surface area contributed by atoms with Crippen molar-refractivity contribution in [3.8, 4) is 6.07 Å². The number of pyridine rings is 1. The number of rotatable bonds is 5. The first kappa shape index (κ1) is 20.9. The Morgan fingerprint density at radius 1 is 1.20 bits per heavy atom. The first-order valence-electron chi connectivity index (χ1n) is 8.75. The van der Waals surface area contributed by atoms with Crippen LogP contribution in [0.15, 0.2) is 53.9 Å². The summed E-state index contributed by atoms with van der Waals surface area (Å²) in [5, 5.41) is 23.3. The molecule has 1 aliphatic carbocycles. The van der Waals surface area contributed by atoms with E-state index >= 15 is 0 Å². The van der Waals surface area contributed by atoms with Gasteiger partial charge in [-0.05, 0) is 36.2 Å². The van der Waals surface area contributed by atoms with Crippen molar-refractivity contribution in [3.05, 3.63) is 70.7 Å². The van der Waals surface area contributed by atoms with E-state index in [9.17, 15) is 27.9 Å². The molecule has 3 N–H and O–H groups in total. The van der Waals surface area contributed by atoms with Crippen molar-refractivity contribution in [2.24, 2.45) is 0 Å². The fourth-order valence-corrected chi connectivity index (χ4v) is 3.17. The van der Waals surface area contributed by atoms with Crippen molar-refractivity contribution in [1.29, 1.82) is 5.26 Å². The lowest BCUT2D eigenvalue weighted by atomic mass is 9.96. The summed E-state index contributed by atoms with van der Waals surface area (Å²) in [6.07, 6.45) is -4.71. The van der Waals surface area contributed by atoms with E-state index in [1.807, 2.05) is 6.07 Å². The lowest BCUT2D eigenvalue weighted by molar-refractivity contribution is -0.141. The molecule has 154 valence electrons. The zero-order valence-corrected chi connectivity index (χ0v) is 15.3. The summed E-state index contributed by atoms with van der Waals surface area (Å²) in [5.74, 6) is -0.328. The van der Waals surface area contributed by atoms with Gasteiger partial charge < -0.3 is 15.7 Å². The van der Waals surface area contributed by atoms with E-state index in [1.54, 1.807) is 0 Å². The van der Waals surface area contributed by atoms with Crippen molar-refractivity contribution < 1.29 is 27.9 Å². The molecule has 1 aromatic heterocycles. The lowest BCUT2D eigenvalue weighted by Crippen LogP contribution is -2.30. The highest BCUT2D eigenvalue weighted by Crippen LogP contribution is 2.35. The van der Waals surface area contributed by atoms with Crippen LogP contribution in [0.3, 0.4) is 0 Å². The summed E-state index contributed by atoms with van der Waals surface area (Å²) in [6, 6.07) is 9.04. The van der Waals surface area contributed by atoms with Gasteiger partial charge in [-0.25, -0.2) is 4.79 Å². The van der Waals surface area contributed by atoms with Gasteiger partial charge in [0, 0.05) is 29.6 Å². The van der Waals surface area contributed by atoms with Gasteiger partial charge in [0.1, 0.15) is 5.69 Å². The normalized spacial score (nSPS) is 14.9. The molecular weight excluding hydrogens is 401 g/mol. The summed E-state index contributed by atoms with van der Waals surface area (Å²) in [4.78, 5) is 27.2. The number of allylic oxidation sites excluding steroid dienone is 1. The van der Waals surface area contributed by atoms with Crippen LogP contribution >= 0.6 is 0 Å². The minimum Gasteiger partial charge on any atom is -0.465 e. The van der Waals surface area contributed by atoms with Crippen LogP contribution in [0.25, 0.3) is 0 Å². The zero-order valence-electron chi connectivity index (χ0n) is 15.3. The van der Waals surface area contributed by atoms with Crippen molar-refractivity contribution >= 4 is 17.6 Å². The van der Waals surface area contributed by atoms with Crippen LogP contribution in [0.1, 0.15) is 35.7 Å². The number of nitrogens with one attached hydrogen (secondary N) is 2. The first-order chi connectivity index (χ1) is 14.2. The monoisotopic (exact) mass is 416 g/mol. The van der Waals surface area contributed by atoms with E-state index in [0.717, 1.165) is 12.3 Å². The van der Waals surface area contributed by atoms with Crippen molar-refractivity contribution in [1.82, 2.24) is 10.3 Å². The molecule has 10 heteroatoms. The molecule has 0 fully saturated rings. The molecule has 1 amide bonds. The summed E-state index contributed by atoms with van der Waals surface area (Å²) < 4.78 is 38.8. The van der Waals surface area contributed by atoms with Crippen molar-refractivity contribution in [2.75, 3.05) is 5.32 Å². The largest absolute Gasteiger partial charge is 0.465 e. The van der Waals surface area contributed by atoms with Gasteiger partial charge in [0.25, 0.3) is 0 Å². The topological polar surface area (TPSA) is 115 Å². The van der Waals surface area contributed by atoms with E-state index in [-0.39, 0.29) is 29.9 Å². The number of halogens is 3. The molecule has 0 bridgehead atoms. The van der Waals surface area contributed by atoms with Gasteiger partial charge in [0.05, 0.1) is 17.7 Å². The maximum absolute atomic E-state index is 12.9. The summed E-state index contributed by atoms with van der Waals surface area (Å²) in [7, 11) is 0. The first-order valence-corrected chi connectivity index (χ1v) is 8.75. The number of carbonyl (C=O) groups excluding carboxylic acids is 1. The molecule has 1 aliphatic rings. The number of Topliss-reactive ketones (excluding diaryl/α,β-unsaturated/α-hetero) is 1. The standard InChI is InChI=1S/C20H15F3N4O3/c21-20(22,23)16-9-13(7-8-25-16)26-14-5-6-15(28)17(14)18(27-19(29)30)12-3-1-11(10-24)2-4-12/h1-4,7-9,18,27H,5-6H2,(H,25,26)(H,29,30). The molecule has 3 rings (SSSR count). The number of carboxylic acid groups (broad SMARTS) is 1. The molecule has 2 aromatic rings. The highest BCUT2D eigenvalue weighted by Gasteiger charge is 2.34. The van der Waals surface area contributed by atoms with Crippen LogP contribution in [-0.2, 0) is 11.0 Å². The second-order valence-electron chi connectivity index (χ2n) is 6.48. The predicted molar refractivity (Wildman–Crippen MR) is 99.2 cm³/mol. The number of aromatic nitrogens is 1. The Morgan fingerprint density at radius 3 is 2.50 bits per heavy atom. The summed E-state index contributed by atoms with van der Waals surface area (Å²) in [6.45, 7) is 0. The molecule has 30 heavy (non-hydrogen) atoms.